The Labute approximate surface area is 257 Å². The Balaban J connectivity index is 1.20. The van der Waals surface area contributed by atoms with Gasteiger partial charge in [0.2, 0.25) is 0 Å². The maximum absolute atomic E-state index is 6.17. The summed E-state index contributed by atoms with van der Waals surface area (Å²) in [5.74, 6) is 0. The maximum atomic E-state index is 6.17. The highest BCUT2D eigenvalue weighted by Gasteiger charge is 2.20. The summed E-state index contributed by atoms with van der Waals surface area (Å²) >= 11 is 0. The molecule has 1 aromatic heterocycles. The van der Waals surface area contributed by atoms with Gasteiger partial charge in [-0.1, -0.05) is 115 Å². The number of fused-ring (bicyclic) bond motifs is 3. The molecule has 7 aromatic rings. The van der Waals surface area contributed by atoms with Crippen LogP contribution in [-0.2, 0) is 0 Å². The lowest BCUT2D eigenvalue weighted by molar-refractivity contribution is 0.669. The van der Waals surface area contributed by atoms with Gasteiger partial charge in [0.15, 0.2) is 0 Å². The van der Waals surface area contributed by atoms with E-state index in [1.165, 1.54) is 39.1 Å². The lowest BCUT2D eigenvalue weighted by Gasteiger charge is -2.30. The van der Waals surface area contributed by atoms with Crippen molar-refractivity contribution >= 4 is 38.9 Å². The molecule has 1 aliphatic rings. The van der Waals surface area contributed by atoms with Gasteiger partial charge in [0, 0.05) is 27.8 Å². The van der Waals surface area contributed by atoms with Crippen molar-refractivity contribution in [2.45, 2.75) is 12.8 Å². The molecule has 2 nitrogen and oxygen atoms in total. The van der Waals surface area contributed by atoms with Gasteiger partial charge in [-0.3, -0.25) is 0 Å². The molecule has 2 heteroatoms. The van der Waals surface area contributed by atoms with E-state index >= 15 is 0 Å². The molecule has 8 rings (SSSR count). The molecule has 0 aliphatic heterocycles. The Morgan fingerprint density at radius 3 is 1.77 bits per heavy atom. The van der Waals surface area contributed by atoms with E-state index in [-0.39, 0.29) is 0 Å². The number of benzene rings is 6. The van der Waals surface area contributed by atoms with Crippen molar-refractivity contribution in [2.24, 2.45) is 0 Å². The molecule has 0 bridgehead atoms. The van der Waals surface area contributed by atoms with Crippen molar-refractivity contribution in [3.05, 3.63) is 175 Å². The maximum Gasteiger partial charge on any atom is 0.135 e. The molecule has 1 aliphatic carbocycles. The summed E-state index contributed by atoms with van der Waals surface area (Å²) in [6.45, 7) is 0. The van der Waals surface area contributed by atoms with Gasteiger partial charge in [-0.15, -0.1) is 0 Å². The zero-order valence-electron chi connectivity index (χ0n) is 24.4. The van der Waals surface area contributed by atoms with Crippen LogP contribution >= 0.6 is 0 Å². The number of hydrogen-bond acceptors (Lipinski definition) is 2. The molecule has 0 N–H and O–H groups in total. The van der Waals surface area contributed by atoms with Crippen molar-refractivity contribution < 1.29 is 4.42 Å². The molecule has 44 heavy (non-hydrogen) atoms. The minimum absolute atomic E-state index is 0.910. The Morgan fingerprint density at radius 2 is 1.02 bits per heavy atom. The monoisotopic (exact) mass is 565 g/mol. The second-order valence-electron chi connectivity index (χ2n) is 11.3. The number of anilines is 2. The second-order valence-corrected chi connectivity index (χ2v) is 11.3. The third-order valence-corrected chi connectivity index (χ3v) is 8.61. The highest BCUT2D eigenvalue weighted by Crippen LogP contribution is 2.40. The van der Waals surface area contributed by atoms with Gasteiger partial charge in [0.1, 0.15) is 11.2 Å². The van der Waals surface area contributed by atoms with Crippen LogP contribution in [0.25, 0.3) is 49.8 Å². The average molecular weight is 566 g/mol. The Kier molecular flexibility index (Phi) is 6.66. The van der Waals surface area contributed by atoms with Crippen LogP contribution in [0, 0.1) is 0 Å². The van der Waals surface area contributed by atoms with E-state index in [4.69, 9.17) is 4.42 Å². The molecule has 0 saturated carbocycles. The van der Waals surface area contributed by atoms with Crippen LogP contribution in [0.1, 0.15) is 18.4 Å². The third kappa shape index (κ3) is 4.91. The summed E-state index contributed by atoms with van der Waals surface area (Å²) in [6.07, 6.45) is 6.52. The molecule has 0 radical (unpaired) electrons. The Bertz CT molecular complexity index is 2150. The van der Waals surface area contributed by atoms with Crippen LogP contribution < -0.4 is 4.90 Å². The molecular formula is C42H31NO. The predicted octanol–water partition coefficient (Wildman–Crippen LogP) is 11.8. The van der Waals surface area contributed by atoms with Gasteiger partial charge in [-0.2, -0.15) is 0 Å². The number of allylic oxidation sites excluding steroid dienone is 4. The molecule has 0 atom stereocenters. The molecule has 1 heterocycles. The van der Waals surface area contributed by atoms with Gasteiger partial charge in [-0.05, 0) is 94.8 Å². The van der Waals surface area contributed by atoms with Gasteiger partial charge in [0.25, 0.3) is 0 Å². The summed E-state index contributed by atoms with van der Waals surface area (Å²) in [5, 5.41) is 2.27. The fourth-order valence-electron chi connectivity index (χ4n) is 6.35. The van der Waals surface area contributed by atoms with Crippen molar-refractivity contribution in [3.63, 3.8) is 0 Å². The first-order valence-corrected chi connectivity index (χ1v) is 15.2. The molecule has 0 fully saturated rings. The molecule has 0 unspecified atom stereocenters. The quantitative estimate of drug-likeness (QED) is 0.199. The number of hydrogen-bond donors (Lipinski definition) is 0. The van der Waals surface area contributed by atoms with Crippen LogP contribution in [0.5, 0.6) is 0 Å². The lowest BCUT2D eigenvalue weighted by Crippen LogP contribution is -2.17. The summed E-state index contributed by atoms with van der Waals surface area (Å²) in [6, 6.07) is 53.9. The first-order chi connectivity index (χ1) is 21.8. The molecule has 0 saturated heterocycles. The van der Waals surface area contributed by atoms with E-state index in [1.807, 2.05) is 12.1 Å². The minimum Gasteiger partial charge on any atom is -0.456 e. The summed E-state index contributed by atoms with van der Waals surface area (Å²) in [4.78, 5) is 2.41. The van der Waals surface area contributed by atoms with E-state index in [1.54, 1.807) is 0 Å². The number of nitrogens with zero attached hydrogens (tertiary/aromatic N) is 1. The normalized spacial score (nSPS) is 13.1. The first kappa shape index (κ1) is 26.1. The SMILES string of the molecule is C1=C(c2cccc(-c3ccccc3)c2)CCC(N(c2ccc(-c3ccccc3)cc2)c2ccc3oc4ccccc4c3c2)=C1. The zero-order chi connectivity index (χ0) is 29.3. The van der Waals surface area contributed by atoms with Gasteiger partial charge in [0.05, 0.1) is 0 Å². The highest BCUT2D eigenvalue weighted by atomic mass is 16.3. The largest absolute Gasteiger partial charge is 0.456 e. The van der Waals surface area contributed by atoms with E-state index < -0.39 is 0 Å². The fourth-order valence-corrected chi connectivity index (χ4v) is 6.35. The summed E-state index contributed by atoms with van der Waals surface area (Å²) < 4.78 is 6.17. The lowest BCUT2D eigenvalue weighted by atomic mass is 9.92. The fraction of sp³-hybridized carbons (Fsp3) is 0.0476. The van der Waals surface area contributed by atoms with Crippen LogP contribution in [-0.4, -0.2) is 0 Å². The van der Waals surface area contributed by atoms with Crippen LogP contribution in [0.3, 0.4) is 0 Å². The van der Waals surface area contributed by atoms with Crippen LogP contribution in [0.2, 0.25) is 0 Å². The minimum atomic E-state index is 0.910. The Hall–Kier alpha value is -5.60. The topological polar surface area (TPSA) is 16.4 Å². The Morgan fingerprint density at radius 1 is 0.409 bits per heavy atom. The molecule has 0 spiro atoms. The smallest absolute Gasteiger partial charge is 0.135 e. The van der Waals surface area contributed by atoms with E-state index in [2.05, 4.69) is 157 Å². The van der Waals surface area contributed by atoms with E-state index in [0.717, 1.165) is 46.2 Å². The highest BCUT2D eigenvalue weighted by molar-refractivity contribution is 6.06. The average Bonchev–Trinajstić information content (AvgIpc) is 3.48. The van der Waals surface area contributed by atoms with Crippen molar-refractivity contribution in [1.82, 2.24) is 0 Å². The van der Waals surface area contributed by atoms with E-state index in [9.17, 15) is 0 Å². The predicted molar refractivity (Wildman–Crippen MR) is 185 cm³/mol. The first-order valence-electron chi connectivity index (χ1n) is 15.2. The van der Waals surface area contributed by atoms with Gasteiger partial charge < -0.3 is 9.32 Å². The molecule has 6 aromatic carbocycles. The zero-order valence-corrected chi connectivity index (χ0v) is 24.4. The van der Waals surface area contributed by atoms with Gasteiger partial charge >= 0.3 is 0 Å². The third-order valence-electron chi connectivity index (χ3n) is 8.61. The van der Waals surface area contributed by atoms with Crippen LogP contribution in [0.4, 0.5) is 11.4 Å². The standard InChI is InChI=1S/C42H31NO/c1-3-10-30(11-4-1)32-18-22-36(23-19-32)43(38-26-27-42-40(29-38)39-16-7-8-17-41(39)44-42)37-24-20-33(21-25-37)35-15-9-14-34(28-35)31-12-5-2-6-13-31/h1-20,22-24,26-29H,21,25H2. The van der Waals surface area contributed by atoms with Gasteiger partial charge in [-0.25, -0.2) is 0 Å². The molecule has 210 valence electrons. The number of para-hydroxylation sites is 1. The molecule has 0 amide bonds. The number of furan rings is 1. The summed E-state index contributed by atoms with van der Waals surface area (Å²) in [5.41, 5.74) is 12.9. The van der Waals surface area contributed by atoms with Crippen molar-refractivity contribution in [3.8, 4) is 22.3 Å². The van der Waals surface area contributed by atoms with Crippen molar-refractivity contribution in [1.29, 1.82) is 0 Å². The van der Waals surface area contributed by atoms with E-state index in [0.29, 0.717) is 0 Å². The van der Waals surface area contributed by atoms with Crippen molar-refractivity contribution in [2.75, 3.05) is 4.90 Å². The second kappa shape index (κ2) is 11.2. The number of rotatable bonds is 6. The summed E-state index contributed by atoms with van der Waals surface area (Å²) in [7, 11) is 0. The molecular weight excluding hydrogens is 534 g/mol. The van der Waals surface area contributed by atoms with Crippen LogP contribution in [0.15, 0.2) is 174 Å².